The van der Waals surface area contributed by atoms with Crippen LogP contribution in [0, 0.1) is 5.92 Å². The monoisotopic (exact) mass is 242 g/mol. The van der Waals surface area contributed by atoms with Gasteiger partial charge in [0.05, 0.1) is 4.48 Å². The van der Waals surface area contributed by atoms with Crippen LogP contribution in [-0.4, -0.2) is 11.4 Å². The minimum Gasteiger partial charge on any atom is -0.479 e. The maximum absolute atomic E-state index is 11.6. The molecule has 2 aliphatic heterocycles. The van der Waals surface area contributed by atoms with Crippen LogP contribution in [0.3, 0.4) is 0 Å². The van der Waals surface area contributed by atoms with Gasteiger partial charge in [-0.25, -0.2) is 0 Å². The van der Waals surface area contributed by atoms with Crippen molar-refractivity contribution >= 4 is 21.7 Å². The lowest BCUT2D eigenvalue weighted by atomic mass is 9.85. The number of hydrogen-bond acceptors (Lipinski definition) is 2. The number of ether oxygens (including phenoxy) is 1. The van der Waals surface area contributed by atoms with E-state index in [2.05, 4.69) is 22.9 Å². The second kappa shape index (κ2) is 2.47. The van der Waals surface area contributed by atoms with Gasteiger partial charge in [-0.3, -0.25) is 4.79 Å². The molecule has 0 aromatic rings. The second-order valence-electron chi connectivity index (χ2n) is 3.80. The SMILES string of the molecule is CC1=C(Br)C(=O)C2=CC(C)C1(C)O2. The predicted molar refractivity (Wildman–Crippen MR) is 53.4 cm³/mol. The van der Waals surface area contributed by atoms with E-state index in [-0.39, 0.29) is 17.3 Å². The molecule has 0 radical (unpaired) electrons. The first-order valence-electron chi connectivity index (χ1n) is 4.29. The highest BCUT2D eigenvalue weighted by Crippen LogP contribution is 2.46. The zero-order valence-electron chi connectivity index (χ0n) is 7.85. The van der Waals surface area contributed by atoms with Gasteiger partial charge >= 0.3 is 0 Å². The molecule has 2 bridgehead atoms. The van der Waals surface area contributed by atoms with Crippen molar-refractivity contribution in [2.24, 2.45) is 5.92 Å². The molecule has 0 saturated carbocycles. The molecule has 2 atom stereocenters. The maximum Gasteiger partial charge on any atom is 0.234 e. The average molecular weight is 243 g/mol. The lowest BCUT2D eigenvalue weighted by Crippen LogP contribution is -2.36. The zero-order valence-corrected chi connectivity index (χ0v) is 9.44. The number of carbonyl (C=O) groups excluding carboxylic acids is 1. The minimum absolute atomic E-state index is 0.0284. The molecule has 0 amide bonds. The molecule has 0 fully saturated rings. The fraction of sp³-hybridized carbons (Fsp3) is 0.500. The molecule has 3 heteroatoms. The summed E-state index contributed by atoms with van der Waals surface area (Å²) in [5, 5.41) is 0. The summed E-state index contributed by atoms with van der Waals surface area (Å²) in [6.07, 6.45) is 1.90. The molecule has 70 valence electrons. The summed E-state index contributed by atoms with van der Waals surface area (Å²) in [6, 6.07) is 0. The van der Waals surface area contributed by atoms with Crippen LogP contribution in [0.5, 0.6) is 0 Å². The highest BCUT2D eigenvalue weighted by molar-refractivity contribution is 9.12. The molecule has 0 aromatic carbocycles. The summed E-state index contributed by atoms with van der Waals surface area (Å²) in [7, 11) is 0. The molecule has 2 aliphatic rings. The van der Waals surface area contributed by atoms with Gasteiger partial charge in [-0.15, -0.1) is 0 Å². The number of halogens is 1. The van der Waals surface area contributed by atoms with E-state index in [9.17, 15) is 4.79 Å². The standard InChI is InChI=1S/C10H11BrO2/c1-5-4-7-9(12)8(11)6(2)10(5,3)13-7/h4-5H,1-3H3. The summed E-state index contributed by atoms with van der Waals surface area (Å²) in [5.41, 5.74) is 0.671. The van der Waals surface area contributed by atoms with Gasteiger partial charge in [0.1, 0.15) is 5.60 Å². The number of carbonyl (C=O) groups is 1. The summed E-state index contributed by atoms with van der Waals surface area (Å²) >= 11 is 3.31. The summed E-state index contributed by atoms with van der Waals surface area (Å²) in [6.45, 7) is 6.02. The highest BCUT2D eigenvalue weighted by atomic mass is 79.9. The number of allylic oxidation sites excluding steroid dienone is 1. The van der Waals surface area contributed by atoms with Crippen LogP contribution in [-0.2, 0) is 9.53 Å². The summed E-state index contributed by atoms with van der Waals surface area (Å²) in [5.74, 6) is 0.730. The zero-order chi connectivity index (χ0) is 9.80. The quantitative estimate of drug-likeness (QED) is 0.653. The molecule has 0 aromatic heterocycles. The van der Waals surface area contributed by atoms with Crippen LogP contribution in [0.25, 0.3) is 0 Å². The van der Waals surface area contributed by atoms with Gasteiger partial charge in [-0.1, -0.05) is 6.92 Å². The van der Waals surface area contributed by atoms with E-state index in [0.29, 0.717) is 10.2 Å². The fourth-order valence-electron chi connectivity index (χ4n) is 1.78. The first kappa shape index (κ1) is 9.00. The van der Waals surface area contributed by atoms with Gasteiger partial charge in [0, 0.05) is 5.92 Å². The Morgan fingerprint density at radius 2 is 2.23 bits per heavy atom. The van der Waals surface area contributed by atoms with Crippen molar-refractivity contribution in [3.8, 4) is 0 Å². The summed E-state index contributed by atoms with van der Waals surface area (Å²) in [4.78, 5) is 11.6. The topological polar surface area (TPSA) is 26.3 Å². The molecule has 0 spiro atoms. The van der Waals surface area contributed by atoms with Gasteiger partial charge in [-0.05, 0) is 41.4 Å². The van der Waals surface area contributed by atoms with Gasteiger partial charge < -0.3 is 4.74 Å². The van der Waals surface area contributed by atoms with Gasteiger partial charge in [0.15, 0.2) is 5.76 Å². The Labute approximate surface area is 85.8 Å². The number of ketones is 1. The number of rotatable bonds is 0. The highest BCUT2D eigenvalue weighted by Gasteiger charge is 2.47. The van der Waals surface area contributed by atoms with Gasteiger partial charge in [-0.2, -0.15) is 0 Å². The van der Waals surface area contributed by atoms with Crippen LogP contribution in [0.2, 0.25) is 0 Å². The minimum atomic E-state index is -0.317. The van der Waals surface area contributed by atoms with E-state index < -0.39 is 0 Å². The van der Waals surface area contributed by atoms with E-state index >= 15 is 0 Å². The lowest BCUT2D eigenvalue weighted by molar-refractivity contribution is -0.118. The van der Waals surface area contributed by atoms with Crippen molar-refractivity contribution in [1.29, 1.82) is 0 Å². The number of Topliss-reactive ketones (excluding diaryl/α,β-unsaturated/α-hetero) is 1. The first-order valence-corrected chi connectivity index (χ1v) is 5.08. The van der Waals surface area contributed by atoms with Crippen molar-refractivity contribution in [3.63, 3.8) is 0 Å². The molecule has 0 aliphatic carbocycles. The van der Waals surface area contributed by atoms with Crippen LogP contribution in [0.1, 0.15) is 20.8 Å². The summed E-state index contributed by atoms with van der Waals surface area (Å²) < 4.78 is 6.28. The molecule has 0 N–H and O–H groups in total. The van der Waals surface area contributed by atoms with Crippen molar-refractivity contribution < 1.29 is 9.53 Å². The molecule has 2 rings (SSSR count). The Morgan fingerprint density at radius 1 is 1.62 bits per heavy atom. The molecular weight excluding hydrogens is 232 g/mol. The molecule has 2 nitrogen and oxygen atoms in total. The van der Waals surface area contributed by atoms with Crippen LogP contribution in [0.4, 0.5) is 0 Å². The second-order valence-corrected chi connectivity index (χ2v) is 4.59. The van der Waals surface area contributed by atoms with E-state index in [1.807, 2.05) is 19.9 Å². The van der Waals surface area contributed by atoms with E-state index in [4.69, 9.17) is 4.74 Å². The molecule has 2 unspecified atom stereocenters. The van der Waals surface area contributed by atoms with Crippen LogP contribution < -0.4 is 0 Å². The van der Waals surface area contributed by atoms with Crippen molar-refractivity contribution in [1.82, 2.24) is 0 Å². The van der Waals surface area contributed by atoms with Crippen molar-refractivity contribution in [2.75, 3.05) is 0 Å². The molecule has 13 heavy (non-hydrogen) atoms. The Kier molecular flexibility index (Phi) is 1.71. The maximum atomic E-state index is 11.6. The van der Waals surface area contributed by atoms with Crippen molar-refractivity contribution in [3.05, 3.63) is 21.9 Å². The third-order valence-electron chi connectivity index (χ3n) is 3.09. The van der Waals surface area contributed by atoms with E-state index in [0.717, 1.165) is 5.57 Å². The smallest absolute Gasteiger partial charge is 0.234 e. The molecule has 2 heterocycles. The van der Waals surface area contributed by atoms with E-state index in [1.165, 1.54) is 0 Å². The first-order chi connectivity index (χ1) is 5.97. The Hall–Kier alpha value is -0.570. The van der Waals surface area contributed by atoms with Gasteiger partial charge in [0.2, 0.25) is 5.78 Å². The third-order valence-corrected chi connectivity index (χ3v) is 4.04. The normalized spacial score (nSPS) is 37.7. The molecular formula is C10H11BrO2. The number of hydrogen-bond donors (Lipinski definition) is 0. The van der Waals surface area contributed by atoms with Crippen molar-refractivity contribution in [2.45, 2.75) is 26.4 Å². The largest absolute Gasteiger partial charge is 0.479 e. The predicted octanol–water partition coefficient (Wildman–Crippen LogP) is 2.55. The fourth-order valence-corrected chi connectivity index (χ4v) is 2.37. The third kappa shape index (κ3) is 0.966. The molecule has 0 saturated heterocycles. The Bertz CT molecular complexity index is 354. The average Bonchev–Trinajstić information content (AvgIpc) is 2.37. The lowest BCUT2D eigenvalue weighted by Gasteiger charge is -2.33. The Balaban J connectivity index is 2.62. The number of fused-ring (bicyclic) bond motifs is 2. The van der Waals surface area contributed by atoms with Gasteiger partial charge in [0.25, 0.3) is 0 Å². The van der Waals surface area contributed by atoms with E-state index in [1.54, 1.807) is 0 Å². The van der Waals surface area contributed by atoms with Crippen LogP contribution in [0.15, 0.2) is 21.9 Å². The van der Waals surface area contributed by atoms with Crippen LogP contribution >= 0.6 is 15.9 Å². The Morgan fingerprint density at radius 3 is 2.85 bits per heavy atom.